The van der Waals surface area contributed by atoms with E-state index in [2.05, 4.69) is 190 Å². The molecule has 6 atom stereocenters. The van der Waals surface area contributed by atoms with E-state index in [9.17, 15) is 0 Å². The third-order valence-corrected chi connectivity index (χ3v) is 25.5. The lowest BCUT2D eigenvalue weighted by molar-refractivity contribution is 0.0193. The van der Waals surface area contributed by atoms with E-state index in [4.69, 9.17) is 13.5 Å². The molecule has 3 aliphatic heterocycles. The van der Waals surface area contributed by atoms with E-state index in [0.717, 1.165) is 37.7 Å². The van der Waals surface area contributed by atoms with E-state index in [0.29, 0.717) is 18.1 Å². The second kappa shape index (κ2) is 17.4. The van der Waals surface area contributed by atoms with Gasteiger partial charge in [-0.05, 0) is 160 Å². The lowest BCUT2D eigenvalue weighted by Gasteiger charge is -2.49. The minimum absolute atomic E-state index is 0. The van der Waals surface area contributed by atoms with Crippen LogP contribution in [0.2, 0.25) is 0 Å². The topological polar surface area (TPSA) is 99.5 Å². The highest BCUT2D eigenvalue weighted by molar-refractivity contribution is 7.81. The van der Waals surface area contributed by atoms with Crippen LogP contribution in [-0.4, -0.2) is 248 Å². The maximum absolute atomic E-state index is 6.26. The zero-order valence-electron chi connectivity index (χ0n) is 35.5. The Morgan fingerprint density at radius 2 is 0.600 bits per heavy atom. The Balaban J connectivity index is 0.00000867. The molecule has 3 rings (SSSR count). The Hall–Kier alpha value is 0.290. The third-order valence-electron chi connectivity index (χ3n) is 11.4. The van der Waals surface area contributed by atoms with Gasteiger partial charge in [-0.25, -0.2) is 0 Å². The van der Waals surface area contributed by atoms with Crippen molar-refractivity contribution >= 4 is 31.0 Å². The van der Waals surface area contributed by atoms with E-state index in [1.165, 1.54) is 0 Å². The first kappa shape index (κ1) is 46.4. The van der Waals surface area contributed by atoms with Crippen LogP contribution in [0.3, 0.4) is 0 Å². The van der Waals surface area contributed by atoms with Crippen molar-refractivity contribution in [2.24, 2.45) is 13.5 Å². The fourth-order valence-corrected chi connectivity index (χ4v) is 26.4. The molecule has 295 valence electrons. The van der Waals surface area contributed by atoms with Gasteiger partial charge in [-0.2, -0.15) is 0 Å². The summed E-state index contributed by atoms with van der Waals surface area (Å²) in [5, 5.41) is -0.679. The minimum atomic E-state index is -2.78. The largest absolute Gasteiger partial charge is 0.870 e. The first-order chi connectivity index (χ1) is 22.5. The van der Waals surface area contributed by atoms with Crippen molar-refractivity contribution in [3.8, 4) is 0 Å². The Bertz CT molecular complexity index is 1070. The van der Waals surface area contributed by atoms with Crippen LogP contribution in [-0.2, 0) is 0 Å². The number of nitrogens with zero attached hydrogens (tertiary/aromatic N) is 13. The van der Waals surface area contributed by atoms with Crippen molar-refractivity contribution in [2.75, 3.05) is 159 Å². The molecule has 3 heterocycles. The molecule has 0 saturated carbocycles. The average molecular weight is 783 g/mol. The molecular formula is C32H76N13OP4. The van der Waals surface area contributed by atoms with Crippen molar-refractivity contribution < 1.29 is 5.48 Å². The molecule has 50 heavy (non-hydrogen) atoms. The van der Waals surface area contributed by atoms with Gasteiger partial charge in [0.25, 0.3) is 0 Å². The first-order valence-electron chi connectivity index (χ1n) is 17.7. The normalized spacial score (nSPS) is 28.9. The summed E-state index contributed by atoms with van der Waals surface area (Å²) in [5.41, 5.74) is 0. The van der Waals surface area contributed by atoms with Crippen LogP contribution in [0.4, 0.5) is 0 Å². The van der Waals surface area contributed by atoms with Gasteiger partial charge in [0.1, 0.15) is 16.2 Å². The highest BCUT2D eigenvalue weighted by atomic mass is 31.2. The van der Waals surface area contributed by atoms with Crippen LogP contribution in [0.25, 0.3) is 0 Å². The lowest BCUT2D eigenvalue weighted by atomic mass is 10.1. The van der Waals surface area contributed by atoms with Gasteiger partial charge in [0.15, 0.2) is 0 Å². The van der Waals surface area contributed by atoms with E-state index in [1.807, 2.05) is 0 Å². The van der Waals surface area contributed by atoms with Crippen LogP contribution in [0.5, 0.6) is 0 Å². The molecule has 6 unspecified atom stereocenters. The standard InChI is InChI=1S/C32H75N13P4.H2O/c1-36(2)27-21-24-46(30(27,39(7)8)40(9)10)33-49(45(19)20,34-47-25-22-28(37(3)4)31(47,41(11)12)42(13)14)35-48-26-23-29(38(5)6)32(48,43(15)16)44(17)18;/h27-29H,21-26H2,1-20H3;1H2/q+1;/p-1. The van der Waals surface area contributed by atoms with Crippen molar-refractivity contribution in [2.45, 2.75) is 53.6 Å². The van der Waals surface area contributed by atoms with Crippen LogP contribution in [0.1, 0.15) is 19.3 Å². The number of hydrogen-bond donors (Lipinski definition) is 0. The fourth-order valence-electron chi connectivity index (χ4n) is 9.57. The Morgan fingerprint density at radius 3 is 0.740 bits per heavy atom. The van der Waals surface area contributed by atoms with E-state index in [1.54, 1.807) is 0 Å². The fraction of sp³-hybridized carbons (Fsp3) is 1.00. The molecule has 0 spiro atoms. The molecule has 0 aromatic heterocycles. The van der Waals surface area contributed by atoms with Gasteiger partial charge in [-0.3, -0.25) is 29.4 Å². The van der Waals surface area contributed by atoms with E-state index < -0.39 is 31.0 Å². The van der Waals surface area contributed by atoms with E-state index >= 15 is 0 Å². The van der Waals surface area contributed by atoms with Crippen LogP contribution >= 0.6 is 31.0 Å². The molecule has 0 amide bonds. The molecule has 14 nitrogen and oxygen atoms in total. The monoisotopic (exact) mass is 783 g/mol. The van der Waals surface area contributed by atoms with Gasteiger partial charge in [0.2, 0.25) is 0 Å². The minimum Gasteiger partial charge on any atom is -0.870 e. The Morgan fingerprint density at radius 1 is 0.400 bits per heavy atom. The average Bonchev–Trinajstić information content (AvgIpc) is 3.65. The molecule has 0 aromatic carbocycles. The molecule has 3 aliphatic rings. The summed E-state index contributed by atoms with van der Waals surface area (Å²) in [4.78, 5) is 22.1. The molecule has 3 saturated heterocycles. The predicted octanol–water partition coefficient (Wildman–Crippen LogP) is 4.38. The third kappa shape index (κ3) is 7.46. The molecule has 0 aliphatic carbocycles. The van der Waals surface area contributed by atoms with Crippen molar-refractivity contribution in [1.29, 1.82) is 0 Å². The summed E-state index contributed by atoms with van der Waals surface area (Å²) < 4.78 is 21.2. The summed E-state index contributed by atoms with van der Waals surface area (Å²) in [5.74, 6) is 0. The summed E-state index contributed by atoms with van der Waals surface area (Å²) in [6, 6.07) is 1.06. The maximum atomic E-state index is 6.26. The number of likely N-dealkylation sites (N-methyl/N-ethyl adjacent to an activating group) is 9. The molecule has 0 aromatic rings. The van der Waals surface area contributed by atoms with Crippen molar-refractivity contribution in [3.63, 3.8) is 0 Å². The maximum Gasteiger partial charge on any atom is 0.455 e. The van der Waals surface area contributed by atoms with Gasteiger partial charge in [-0.15, -0.1) is 4.67 Å². The SMILES string of the molecule is CN(C)C1CC[P](=N[P+](N=[P]2CCC(N(C)C)C2(N(C)C)N(C)C)(N=[P]2CCC(N(C)C)C2(N(C)C)N(C)C)N(C)C)C1(N(C)C)N(C)C.[OH-]. The number of rotatable bonds is 13. The summed E-state index contributed by atoms with van der Waals surface area (Å²) in [6.07, 6.45) is 6.55. The van der Waals surface area contributed by atoms with Gasteiger partial charge >= 0.3 is 7.87 Å². The lowest BCUT2D eigenvalue weighted by Crippen LogP contribution is -2.61. The van der Waals surface area contributed by atoms with Gasteiger partial charge in [0.05, 0.1) is 18.1 Å². The smallest absolute Gasteiger partial charge is 0.455 e. The summed E-state index contributed by atoms with van der Waals surface area (Å²) >= 11 is 0. The summed E-state index contributed by atoms with van der Waals surface area (Å²) in [6.45, 7) is 0. The Labute approximate surface area is 311 Å². The quantitative estimate of drug-likeness (QED) is 0.197. The van der Waals surface area contributed by atoms with E-state index in [-0.39, 0.29) is 21.7 Å². The zero-order chi connectivity index (χ0) is 37.6. The molecular weight excluding hydrogens is 706 g/mol. The number of hydrogen-bond acceptors (Lipinski definition) is 14. The molecule has 1 N–H and O–H groups in total. The highest BCUT2D eigenvalue weighted by Gasteiger charge is 2.61. The Kier molecular flexibility index (Phi) is 16.2. The van der Waals surface area contributed by atoms with Crippen LogP contribution in [0.15, 0.2) is 13.5 Å². The van der Waals surface area contributed by atoms with Crippen molar-refractivity contribution in [3.05, 3.63) is 0 Å². The molecule has 3 radical (unpaired) electrons. The summed E-state index contributed by atoms with van der Waals surface area (Å²) in [7, 11) is 39.6. The highest BCUT2D eigenvalue weighted by Crippen LogP contribution is 2.79. The van der Waals surface area contributed by atoms with Gasteiger partial charge in [-0.1, -0.05) is 0 Å². The van der Waals surface area contributed by atoms with Crippen molar-refractivity contribution in [1.82, 2.24) is 48.8 Å². The van der Waals surface area contributed by atoms with Crippen LogP contribution < -0.4 is 0 Å². The predicted molar refractivity (Wildman–Crippen MR) is 222 cm³/mol. The molecule has 0 bridgehead atoms. The molecule has 18 heteroatoms. The second-order valence-electron chi connectivity index (χ2n) is 16.3. The van der Waals surface area contributed by atoms with Gasteiger partial charge in [0, 0.05) is 55.7 Å². The zero-order valence-corrected chi connectivity index (χ0v) is 39.1. The second-order valence-corrected chi connectivity index (χ2v) is 26.0. The van der Waals surface area contributed by atoms with Gasteiger partial charge < -0.3 is 20.2 Å². The molecule has 3 fully saturated rings. The first-order valence-corrected chi connectivity index (χ1v) is 23.7. The van der Waals surface area contributed by atoms with Crippen LogP contribution in [0, 0.1) is 0 Å².